The lowest BCUT2D eigenvalue weighted by Gasteiger charge is -2.24. The van der Waals surface area contributed by atoms with Crippen LogP contribution in [0, 0.1) is 0 Å². The molecular formula is C22H27N3O4. The van der Waals surface area contributed by atoms with E-state index < -0.39 is 12.0 Å². The van der Waals surface area contributed by atoms with Gasteiger partial charge in [-0.3, -0.25) is 9.59 Å². The van der Waals surface area contributed by atoms with Crippen LogP contribution in [-0.2, 0) is 27.5 Å². The van der Waals surface area contributed by atoms with Crippen LogP contribution in [-0.4, -0.2) is 42.0 Å². The SMILES string of the molecule is NC[C@H]1CC[C@@H](C(=O)N(CC(N)=O)Cc2ccc(OCc3ccccc3)cc2)O1. The molecule has 0 spiro atoms. The Labute approximate surface area is 170 Å². The van der Waals surface area contributed by atoms with Gasteiger partial charge in [-0.1, -0.05) is 42.5 Å². The number of hydrogen-bond donors (Lipinski definition) is 2. The van der Waals surface area contributed by atoms with Crippen molar-refractivity contribution in [1.82, 2.24) is 4.90 Å². The standard InChI is InChI=1S/C22H27N3O4/c23-12-19-10-11-20(29-19)22(27)25(14-21(24)26)13-16-6-8-18(9-7-16)28-15-17-4-2-1-3-5-17/h1-9,19-20H,10-15,23H2,(H2,24,26)/t19-,20+/m1/s1. The Morgan fingerprint density at radius 1 is 1.03 bits per heavy atom. The zero-order valence-electron chi connectivity index (χ0n) is 16.3. The number of carbonyl (C=O) groups excluding carboxylic acids is 2. The summed E-state index contributed by atoms with van der Waals surface area (Å²) in [7, 11) is 0. The molecule has 7 nitrogen and oxygen atoms in total. The molecule has 2 aromatic rings. The number of ether oxygens (including phenoxy) is 2. The Balaban J connectivity index is 1.60. The molecule has 2 aromatic carbocycles. The van der Waals surface area contributed by atoms with E-state index >= 15 is 0 Å². The lowest BCUT2D eigenvalue weighted by Crippen LogP contribution is -2.43. The summed E-state index contributed by atoms with van der Waals surface area (Å²) in [5.41, 5.74) is 12.9. The van der Waals surface area contributed by atoms with Crippen LogP contribution in [0.3, 0.4) is 0 Å². The molecule has 7 heteroatoms. The maximum atomic E-state index is 12.8. The monoisotopic (exact) mass is 397 g/mol. The third-order valence-electron chi connectivity index (χ3n) is 4.85. The number of nitrogens with two attached hydrogens (primary N) is 2. The van der Waals surface area contributed by atoms with Crippen molar-refractivity contribution in [1.29, 1.82) is 0 Å². The first-order valence-electron chi connectivity index (χ1n) is 9.73. The summed E-state index contributed by atoms with van der Waals surface area (Å²) in [6, 6.07) is 17.4. The quantitative estimate of drug-likeness (QED) is 0.668. The molecule has 0 saturated carbocycles. The van der Waals surface area contributed by atoms with E-state index in [0.717, 1.165) is 23.3 Å². The molecule has 1 heterocycles. The van der Waals surface area contributed by atoms with Crippen molar-refractivity contribution in [3.8, 4) is 5.75 Å². The molecule has 4 N–H and O–H groups in total. The van der Waals surface area contributed by atoms with Gasteiger partial charge in [0.25, 0.3) is 5.91 Å². The average Bonchev–Trinajstić information content (AvgIpc) is 3.22. The molecule has 0 radical (unpaired) electrons. The second-order valence-corrected chi connectivity index (χ2v) is 7.14. The normalized spacial score (nSPS) is 18.4. The van der Waals surface area contributed by atoms with Crippen molar-refractivity contribution in [2.75, 3.05) is 13.1 Å². The molecule has 2 atom stereocenters. The fraction of sp³-hybridized carbons (Fsp3) is 0.364. The van der Waals surface area contributed by atoms with Gasteiger partial charge in [0.1, 0.15) is 18.5 Å². The van der Waals surface area contributed by atoms with Gasteiger partial charge in [-0.05, 0) is 36.1 Å². The van der Waals surface area contributed by atoms with Crippen LogP contribution in [0.2, 0.25) is 0 Å². The molecule has 0 aliphatic carbocycles. The van der Waals surface area contributed by atoms with Crippen LogP contribution in [0.1, 0.15) is 24.0 Å². The molecule has 1 saturated heterocycles. The zero-order chi connectivity index (χ0) is 20.6. The van der Waals surface area contributed by atoms with Gasteiger partial charge in [0.05, 0.1) is 12.6 Å². The molecule has 1 aliphatic rings. The Hall–Kier alpha value is -2.90. The average molecular weight is 397 g/mol. The van der Waals surface area contributed by atoms with E-state index in [9.17, 15) is 9.59 Å². The predicted molar refractivity (Wildman–Crippen MR) is 109 cm³/mol. The number of carbonyl (C=O) groups is 2. The van der Waals surface area contributed by atoms with E-state index in [1.165, 1.54) is 4.90 Å². The van der Waals surface area contributed by atoms with E-state index in [-0.39, 0.29) is 25.1 Å². The summed E-state index contributed by atoms with van der Waals surface area (Å²) in [5.74, 6) is -0.0611. The Bertz CT molecular complexity index is 811. The molecule has 154 valence electrons. The minimum absolute atomic E-state index is 0.111. The van der Waals surface area contributed by atoms with Crippen molar-refractivity contribution in [3.63, 3.8) is 0 Å². The highest BCUT2D eigenvalue weighted by atomic mass is 16.5. The second kappa shape index (κ2) is 10.0. The summed E-state index contributed by atoms with van der Waals surface area (Å²) in [6.07, 6.45) is 0.657. The van der Waals surface area contributed by atoms with Gasteiger partial charge < -0.3 is 25.8 Å². The summed E-state index contributed by atoms with van der Waals surface area (Å²) >= 11 is 0. The van der Waals surface area contributed by atoms with Crippen LogP contribution < -0.4 is 16.2 Å². The van der Waals surface area contributed by atoms with E-state index in [1.54, 1.807) is 0 Å². The van der Waals surface area contributed by atoms with Gasteiger partial charge >= 0.3 is 0 Å². The maximum absolute atomic E-state index is 12.8. The highest BCUT2D eigenvalue weighted by Gasteiger charge is 2.33. The van der Waals surface area contributed by atoms with Gasteiger partial charge in [0.15, 0.2) is 0 Å². The smallest absolute Gasteiger partial charge is 0.252 e. The Morgan fingerprint density at radius 2 is 1.76 bits per heavy atom. The van der Waals surface area contributed by atoms with Gasteiger partial charge in [-0.25, -0.2) is 0 Å². The lowest BCUT2D eigenvalue weighted by atomic mass is 10.1. The number of primary amides is 1. The van der Waals surface area contributed by atoms with Crippen molar-refractivity contribution in [2.45, 2.75) is 38.2 Å². The molecule has 0 aromatic heterocycles. The summed E-state index contributed by atoms with van der Waals surface area (Å²) in [4.78, 5) is 25.7. The van der Waals surface area contributed by atoms with E-state index in [0.29, 0.717) is 19.6 Å². The minimum atomic E-state index is -0.573. The summed E-state index contributed by atoms with van der Waals surface area (Å²) in [6.45, 7) is 0.976. The first kappa shape index (κ1) is 20.8. The molecule has 3 rings (SSSR count). The number of benzene rings is 2. The highest BCUT2D eigenvalue weighted by Crippen LogP contribution is 2.22. The third kappa shape index (κ3) is 6.04. The number of amides is 2. The molecule has 2 amide bonds. The zero-order valence-corrected chi connectivity index (χ0v) is 16.3. The predicted octanol–water partition coefficient (Wildman–Crippen LogP) is 1.59. The maximum Gasteiger partial charge on any atom is 0.252 e. The lowest BCUT2D eigenvalue weighted by molar-refractivity contribution is -0.145. The highest BCUT2D eigenvalue weighted by molar-refractivity contribution is 5.86. The first-order valence-corrected chi connectivity index (χ1v) is 9.73. The van der Waals surface area contributed by atoms with Crippen molar-refractivity contribution in [2.24, 2.45) is 11.5 Å². The van der Waals surface area contributed by atoms with E-state index in [4.69, 9.17) is 20.9 Å². The third-order valence-corrected chi connectivity index (χ3v) is 4.85. The molecule has 1 fully saturated rings. The molecule has 1 aliphatic heterocycles. The fourth-order valence-electron chi connectivity index (χ4n) is 3.32. The Kier molecular flexibility index (Phi) is 7.21. The number of hydrogen-bond acceptors (Lipinski definition) is 5. The second-order valence-electron chi connectivity index (χ2n) is 7.14. The van der Waals surface area contributed by atoms with Gasteiger partial charge in [-0.2, -0.15) is 0 Å². The van der Waals surface area contributed by atoms with Gasteiger partial charge in [0.2, 0.25) is 5.91 Å². The van der Waals surface area contributed by atoms with Crippen LogP contribution in [0.25, 0.3) is 0 Å². The van der Waals surface area contributed by atoms with Crippen LogP contribution in [0.15, 0.2) is 54.6 Å². The van der Waals surface area contributed by atoms with Crippen LogP contribution >= 0.6 is 0 Å². The van der Waals surface area contributed by atoms with E-state index in [1.807, 2.05) is 54.6 Å². The van der Waals surface area contributed by atoms with Crippen molar-refractivity contribution < 1.29 is 19.1 Å². The van der Waals surface area contributed by atoms with Crippen LogP contribution in [0.4, 0.5) is 0 Å². The summed E-state index contributed by atoms with van der Waals surface area (Å²) in [5, 5.41) is 0. The molecular weight excluding hydrogens is 370 g/mol. The molecule has 29 heavy (non-hydrogen) atoms. The molecule has 0 unspecified atom stereocenters. The first-order chi connectivity index (χ1) is 14.0. The largest absolute Gasteiger partial charge is 0.489 e. The minimum Gasteiger partial charge on any atom is -0.489 e. The Morgan fingerprint density at radius 3 is 2.38 bits per heavy atom. The van der Waals surface area contributed by atoms with Gasteiger partial charge in [0, 0.05) is 13.1 Å². The van der Waals surface area contributed by atoms with Crippen molar-refractivity contribution >= 4 is 11.8 Å². The number of rotatable bonds is 9. The van der Waals surface area contributed by atoms with Gasteiger partial charge in [-0.15, -0.1) is 0 Å². The fourth-order valence-corrected chi connectivity index (χ4v) is 3.32. The molecule has 0 bridgehead atoms. The van der Waals surface area contributed by atoms with Crippen molar-refractivity contribution in [3.05, 3.63) is 65.7 Å². The summed E-state index contributed by atoms with van der Waals surface area (Å²) < 4.78 is 11.5. The topological polar surface area (TPSA) is 108 Å². The van der Waals surface area contributed by atoms with E-state index in [2.05, 4.69) is 0 Å². The van der Waals surface area contributed by atoms with Crippen LogP contribution in [0.5, 0.6) is 5.75 Å². The number of nitrogens with zero attached hydrogens (tertiary/aromatic N) is 1.